The Balaban J connectivity index is 1.42. The lowest BCUT2D eigenvalue weighted by Gasteiger charge is -2.31. The molecule has 0 aromatic carbocycles. The zero-order valence-electron chi connectivity index (χ0n) is 15.5. The molecular weight excluding hydrogens is 387 g/mol. The average Bonchev–Trinajstić information content (AvgIpc) is 3.13. The Bertz CT molecular complexity index is 1020. The van der Waals surface area contributed by atoms with Gasteiger partial charge >= 0.3 is 6.18 Å². The number of carbonyl (C=O) groups is 1. The molecule has 3 aromatic rings. The highest BCUT2D eigenvalue weighted by molar-refractivity contribution is 5.91. The summed E-state index contributed by atoms with van der Waals surface area (Å²) in [6.07, 6.45) is -1.84. The Kier molecular flexibility index (Phi) is 4.81. The van der Waals surface area contributed by atoms with Gasteiger partial charge in [0.1, 0.15) is 11.6 Å². The summed E-state index contributed by atoms with van der Waals surface area (Å²) < 4.78 is 39.8. The van der Waals surface area contributed by atoms with Crippen molar-refractivity contribution in [1.29, 1.82) is 0 Å². The molecule has 1 amide bonds. The highest BCUT2D eigenvalue weighted by Gasteiger charge is 2.38. The van der Waals surface area contributed by atoms with Crippen LogP contribution in [0.5, 0.6) is 0 Å². The van der Waals surface area contributed by atoms with Crippen LogP contribution in [0.2, 0.25) is 0 Å². The van der Waals surface area contributed by atoms with Gasteiger partial charge in [-0.05, 0) is 43.5 Å². The quantitative estimate of drug-likeness (QED) is 0.721. The van der Waals surface area contributed by atoms with Crippen LogP contribution in [0, 0.1) is 12.8 Å². The number of fused-ring (bicyclic) bond motifs is 1. The molecule has 1 saturated heterocycles. The van der Waals surface area contributed by atoms with Crippen molar-refractivity contribution < 1.29 is 18.0 Å². The predicted octanol–water partition coefficient (Wildman–Crippen LogP) is 2.70. The van der Waals surface area contributed by atoms with Crippen LogP contribution in [0.4, 0.5) is 24.8 Å². The molecule has 4 heterocycles. The zero-order chi connectivity index (χ0) is 20.6. The monoisotopic (exact) mass is 405 g/mol. The smallest absolute Gasteiger partial charge is 0.355 e. The lowest BCUT2D eigenvalue weighted by atomic mass is 9.96. The molecule has 1 aliphatic rings. The summed E-state index contributed by atoms with van der Waals surface area (Å²) >= 11 is 0. The van der Waals surface area contributed by atoms with Crippen molar-refractivity contribution in [3.63, 3.8) is 0 Å². The molecule has 3 aromatic heterocycles. The van der Waals surface area contributed by atoms with Gasteiger partial charge in [0.2, 0.25) is 5.91 Å². The minimum atomic E-state index is -4.64. The maximum Gasteiger partial charge on any atom is 0.453 e. The number of alkyl halides is 3. The number of rotatable bonds is 3. The SMILES string of the molecule is Cc1ccc(NC(=O)C2CCN(c3ccc4nnc(C(F)(F)F)n4n3)CC2)nc1. The number of anilines is 2. The number of carbonyl (C=O) groups excluding carboxylic acids is 1. The van der Waals surface area contributed by atoms with E-state index in [4.69, 9.17) is 0 Å². The molecule has 0 saturated carbocycles. The van der Waals surface area contributed by atoms with Gasteiger partial charge in [-0.15, -0.1) is 15.3 Å². The molecular formula is C18H18F3N7O. The van der Waals surface area contributed by atoms with Crippen molar-refractivity contribution in [1.82, 2.24) is 24.8 Å². The topological polar surface area (TPSA) is 88.3 Å². The number of piperidine rings is 1. The molecule has 1 fully saturated rings. The van der Waals surface area contributed by atoms with Crippen molar-refractivity contribution in [2.24, 2.45) is 5.92 Å². The minimum Gasteiger partial charge on any atom is -0.355 e. The maximum absolute atomic E-state index is 13.0. The second-order valence-corrected chi connectivity index (χ2v) is 6.95. The van der Waals surface area contributed by atoms with E-state index >= 15 is 0 Å². The van der Waals surface area contributed by atoms with Crippen LogP contribution in [0.25, 0.3) is 5.65 Å². The Morgan fingerprint density at radius 2 is 1.90 bits per heavy atom. The molecule has 0 atom stereocenters. The predicted molar refractivity (Wildman–Crippen MR) is 98.3 cm³/mol. The Morgan fingerprint density at radius 3 is 2.55 bits per heavy atom. The first kappa shape index (κ1) is 19.1. The number of hydrogen-bond acceptors (Lipinski definition) is 6. The number of halogens is 3. The summed E-state index contributed by atoms with van der Waals surface area (Å²) in [6.45, 7) is 2.92. The van der Waals surface area contributed by atoms with Crippen LogP contribution in [-0.2, 0) is 11.0 Å². The van der Waals surface area contributed by atoms with E-state index in [0.29, 0.717) is 42.1 Å². The molecule has 0 unspecified atom stereocenters. The molecule has 0 spiro atoms. The van der Waals surface area contributed by atoms with E-state index in [9.17, 15) is 18.0 Å². The number of nitrogens with zero attached hydrogens (tertiary/aromatic N) is 6. The highest BCUT2D eigenvalue weighted by Crippen LogP contribution is 2.28. The number of hydrogen-bond donors (Lipinski definition) is 1. The molecule has 11 heteroatoms. The lowest BCUT2D eigenvalue weighted by Crippen LogP contribution is -2.38. The Morgan fingerprint density at radius 1 is 1.14 bits per heavy atom. The first-order valence-corrected chi connectivity index (χ1v) is 9.09. The van der Waals surface area contributed by atoms with Crippen LogP contribution >= 0.6 is 0 Å². The number of aryl methyl sites for hydroxylation is 1. The Hall–Kier alpha value is -3.24. The van der Waals surface area contributed by atoms with E-state index in [1.165, 1.54) is 6.07 Å². The van der Waals surface area contributed by atoms with E-state index in [1.807, 2.05) is 17.9 Å². The third kappa shape index (κ3) is 3.98. The summed E-state index contributed by atoms with van der Waals surface area (Å²) in [5.74, 6) is -0.570. The average molecular weight is 405 g/mol. The molecule has 0 radical (unpaired) electrons. The van der Waals surface area contributed by atoms with Crippen LogP contribution in [0.1, 0.15) is 24.2 Å². The zero-order valence-corrected chi connectivity index (χ0v) is 15.5. The van der Waals surface area contributed by atoms with Gasteiger partial charge in [-0.2, -0.15) is 17.7 Å². The van der Waals surface area contributed by atoms with Gasteiger partial charge in [0.05, 0.1) is 0 Å². The van der Waals surface area contributed by atoms with E-state index in [2.05, 4.69) is 25.6 Å². The maximum atomic E-state index is 13.0. The van der Waals surface area contributed by atoms with Crippen LogP contribution in [-0.4, -0.2) is 43.8 Å². The lowest BCUT2D eigenvalue weighted by molar-refractivity contribution is -0.146. The molecule has 29 heavy (non-hydrogen) atoms. The van der Waals surface area contributed by atoms with E-state index < -0.39 is 12.0 Å². The number of nitrogens with one attached hydrogen (secondary N) is 1. The molecule has 152 valence electrons. The van der Waals surface area contributed by atoms with Crippen LogP contribution < -0.4 is 10.2 Å². The summed E-state index contributed by atoms with van der Waals surface area (Å²) in [6, 6.07) is 6.68. The second kappa shape index (κ2) is 7.30. The summed E-state index contributed by atoms with van der Waals surface area (Å²) in [7, 11) is 0. The van der Waals surface area contributed by atoms with Gasteiger partial charge in [0.15, 0.2) is 5.65 Å². The van der Waals surface area contributed by atoms with Gasteiger partial charge in [-0.1, -0.05) is 6.07 Å². The van der Waals surface area contributed by atoms with Gasteiger partial charge < -0.3 is 10.2 Å². The fraction of sp³-hybridized carbons (Fsp3) is 0.389. The first-order chi connectivity index (χ1) is 13.8. The normalized spacial score (nSPS) is 15.7. The van der Waals surface area contributed by atoms with Crippen LogP contribution in [0.15, 0.2) is 30.5 Å². The number of aromatic nitrogens is 5. The number of pyridine rings is 1. The standard InChI is InChI=1S/C18H18F3N7O/c1-11-2-3-13(22-10-11)23-16(29)12-6-8-27(9-7-12)15-5-4-14-24-25-17(18(19,20)21)28(14)26-15/h2-5,10,12H,6-9H2,1H3,(H,22,23,29). The van der Waals surface area contributed by atoms with Crippen molar-refractivity contribution in [3.8, 4) is 0 Å². The third-order valence-corrected chi connectivity index (χ3v) is 4.85. The van der Waals surface area contributed by atoms with Gasteiger partial charge in [0.25, 0.3) is 5.82 Å². The molecule has 0 aliphatic carbocycles. The summed E-state index contributed by atoms with van der Waals surface area (Å²) in [5, 5.41) is 13.6. The van der Waals surface area contributed by atoms with E-state index in [-0.39, 0.29) is 17.5 Å². The second-order valence-electron chi connectivity index (χ2n) is 6.95. The van der Waals surface area contributed by atoms with E-state index in [1.54, 1.807) is 18.3 Å². The molecule has 4 rings (SSSR count). The summed E-state index contributed by atoms with van der Waals surface area (Å²) in [4.78, 5) is 18.5. The summed E-state index contributed by atoms with van der Waals surface area (Å²) in [5.41, 5.74) is 1.03. The van der Waals surface area contributed by atoms with Crippen molar-refractivity contribution in [2.45, 2.75) is 25.9 Å². The molecule has 0 bridgehead atoms. The molecule has 1 aliphatic heterocycles. The fourth-order valence-corrected chi connectivity index (χ4v) is 3.27. The number of amides is 1. The first-order valence-electron chi connectivity index (χ1n) is 9.09. The highest BCUT2D eigenvalue weighted by atomic mass is 19.4. The van der Waals surface area contributed by atoms with Gasteiger partial charge in [-0.3, -0.25) is 4.79 Å². The van der Waals surface area contributed by atoms with Crippen molar-refractivity contribution in [2.75, 3.05) is 23.3 Å². The van der Waals surface area contributed by atoms with Gasteiger partial charge in [-0.25, -0.2) is 4.98 Å². The largest absolute Gasteiger partial charge is 0.453 e. The van der Waals surface area contributed by atoms with Crippen molar-refractivity contribution >= 4 is 23.2 Å². The van der Waals surface area contributed by atoms with Crippen molar-refractivity contribution in [3.05, 3.63) is 41.9 Å². The van der Waals surface area contributed by atoms with E-state index in [0.717, 1.165) is 5.56 Å². The molecule has 1 N–H and O–H groups in total. The van der Waals surface area contributed by atoms with Crippen LogP contribution in [0.3, 0.4) is 0 Å². The Labute approximate surface area is 163 Å². The third-order valence-electron chi connectivity index (χ3n) is 4.85. The fourth-order valence-electron chi connectivity index (χ4n) is 3.27. The minimum absolute atomic E-state index is 0.0286. The molecule has 8 nitrogen and oxygen atoms in total. The van der Waals surface area contributed by atoms with Gasteiger partial charge in [0, 0.05) is 25.2 Å².